The predicted molar refractivity (Wildman–Crippen MR) is 225 cm³/mol. The molecule has 1 aromatic rings. The van der Waals surface area contributed by atoms with Gasteiger partial charge in [-0.3, -0.25) is 4.79 Å². The first-order valence-electron chi connectivity index (χ1n) is 22.8. The number of methoxy groups -OCH3 is 1. The Balaban J connectivity index is 2.23. The lowest BCUT2D eigenvalue weighted by atomic mass is 10.0. The van der Waals surface area contributed by atoms with Crippen molar-refractivity contribution in [3.05, 3.63) is 29.8 Å². The molecule has 0 aliphatic heterocycles. The van der Waals surface area contributed by atoms with Gasteiger partial charge in [-0.25, -0.2) is 0 Å². The normalized spacial score (nSPS) is 11.7. The van der Waals surface area contributed by atoms with E-state index < -0.39 is 0 Å². The Hall–Kier alpha value is -1.55. The molecule has 4 heteroatoms. The number of likely N-dealkylation sites (N-methyl/N-ethyl adjacent to an activating group) is 1. The molecule has 0 bridgehead atoms. The first-order chi connectivity index (χ1) is 25.0. The Morgan fingerprint density at radius 2 is 0.765 bits per heavy atom. The van der Waals surface area contributed by atoms with E-state index in [0.717, 1.165) is 23.3 Å². The second kappa shape index (κ2) is 35.5. The van der Waals surface area contributed by atoms with Crippen molar-refractivity contribution in [2.24, 2.45) is 0 Å². The lowest BCUT2D eigenvalue weighted by Gasteiger charge is -2.35. The summed E-state index contributed by atoms with van der Waals surface area (Å²) in [5.74, 6) is 0.808. The maximum atomic E-state index is 12.8. The fraction of sp³-hybridized carbons (Fsp3) is 0.851. The average molecular weight is 714 g/mol. The lowest BCUT2D eigenvalue weighted by molar-refractivity contribution is -0.908. The molecule has 298 valence electrons. The number of carbonyl (C=O) groups is 1. The van der Waals surface area contributed by atoms with E-state index in [-0.39, 0.29) is 5.91 Å². The standard InChI is InChI=1S/C47H88N2O2/c1-5-7-9-11-13-15-17-19-21-23-25-27-29-31-33-35-42-49(3,44-41-48-47(50)45-37-39-46(51-4)40-38-45)43-36-34-32-30-28-26-24-22-20-18-16-14-12-10-8-6-2/h37-40H,5-36,41-44H2,1-4H3/p+1. The minimum atomic E-state index is 0.0222. The van der Waals surface area contributed by atoms with E-state index in [2.05, 4.69) is 26.2 Å². The summed E-state index contributed by atoms with van der Waals surface area (Å²) in [6.07, 6.45) is 45.3. The van der Waals surface area contributed by atoms with Crippen LogP contribution >= 0.6 is 0 Å². The molecule has 0 fully saturated rings. The van der Waals surface area contributed by atoms with Gasteiger partial charge in [-0.05, 0) is 49.9 Å². The van der Waals surface area contributed by atoms with Crippen molar-refractivity contribution in [2.45, 2.75) is 219 Å². The molecule has 4 nitrogen and oxygen atoms in total. The van der Waals surface area contributed by atoms with Crippen LogP contribution in [-0.2, 0) is 0 Å². The van der Waals surface area contributed by atoms with Crippen molar-refractivity contribution in [2.75, 3.05) is 40.3 Å². The maximum Gasteiger partial charge on any atom is 0.251 e. The first-order valence-corrected chi connectivity index (χ1v) is 22.8. The van der Waals surface area contributed by atoms with Gasteiger partial charge in [-0.1, -0.05) is 194 Å². The van der Waals surface area contributed by atoms with Crippen LogP contribution in [0, 0.1) is 0 Å². The van der Waals surface area contributed by atoms with Crippen LogP contribution in [0.25, 0.3) is 0 Å². The van der Waals surface area contributed by atoms with Gasteiger partial charge >= 0.3 is 0 Å². The molecule has 0 aliphatic rings. The summed E-state index contributed by atoms with van der Waals surface area (Å²) in [7, 11) is 4.10. The minimum absolute atomic E-state index is 0.0222. The third-order valence-electron chi connectivity index (χ3n) is 11.4. The number of ether oxygens (including phenoxy) is 1. The molecule has 0 saturated carbocycles. The molecule has 0 aliphatic carbocycles. The Bertz CT molecular complexity index is 834. The fourth-order valence-electron chi connectivity index (χ4n) is 7.70. The Morgan fingerprint density at radius 3 is 1.06 bits per heavy atom. The largest absolute Gasteiger partial charge is 0.497 e. The molecule has 0 radical (unpaired) electrons. The van der Waals surface area contributed by atoms with E-state index in [1.807, 2.05) is 24.3 Å². The summed E-state index contributed by atoms with van der Waals surface area (Å²) in [6, 6.07) is 7.44. The molecule has 51 heavy (non-hydrogen) atoms. The topological polar surface area (TPSA) is 38.3 Å². The highest BCUT2D eigenvalue weighted by molar-refractivity contribution is 5.94. The molecule has 1 N–H and O–H groups in total. The number of hydrogen-bond acceptors (Lipinski definition) is 2. The quantitative estimate of drug-likeness (QED) is 0.0545. The van der Waals surface area contributed by atoms with Crippen LogP contribution in [0.3, 0.4) is 0 Å². The molecule has 0 unspecified atom stereocenters. The van der Waals surface area contributed by atoms with Gasteiger partial charge in [0.1, 0.15) is 5.75 Å². The van der Waals surface area contributed by atoms with E-state index >= 15 is 0 Å². The van der Waals surface area contributed by atoms with Gasteiger partial charge in [-0.15, -0.1) is 0 Å². The highest BCUT2D eigenvalue weighted by atomic mass is 16.5. The lowest BCUT2D eigenvalue weighted by Crippen LogP contribution is -2.50. The van der Waals surface area contributed by atoms with Crippen molar-refractivity contribution in [3.8, 4) is 5.75 Å². The molecule has 1 amide bonds. The van der Waals surface area contributed by atoms with Crippen molar-refractivity contribution >= 4 is 5.91 Å². The van der Waals surface area contributed by atoms with Gasteiger partial charge in [0.05, 0.1) is 40.3 Å². The highest BCUT2D eigenvalue weighted by Gasteiger charge is 2.21. The number of amides is 1. The third kappa shape index (κ3) is 29.6. The van der Waals surface area contributed by atoms with Gasteiger partial charge < -0.3 is 14.5 Å². The summed E-state index contributed by atoms with van der Waals surface area (Å²) in [4.78, 5) is 12.8. The predicted octanol–water partition coefficient (Wildman–Crippen LogP) is 14.4. The fourth-order valence-corrected chi connectivity index (χ4v) is 7.70. The maximum absolute atomic E-state index is 12.8. The van der Waals surface area contributed by atoms with E-state index in [9.17, 15) is 4.79 Å². The molecule has 1 rings (SSSR count). The Kier molecular flexibility index (Phi) is 33.0. The van der Waals surface area contributed by atoms with E-state index in [1.54, 1.807) is 7.11 Å². The average Bonchev–Trinajstić information content (AvgIpc) is 3.14. The van der Waals surface area contributed by atoms with Gasteiger partial charge in [0.2, 0.25) is 0 Å². The molecule has 0 atom stereocenters. The zero-order valence-corrected chi connectivity index (χ0v) is 35.0. The van der Waals surface area contributed by atoms with Gasteiger partial charge in [0.25, 0.3) is 5.91 Å². The van der Waals surface area contributed by atoms with Crippen LogP contribution in [0.4, 0.5) is 0 Å². The molecule has 0 spiro atoms. The monoisotopic (exact) mass is 714 g/mol. The van der Waals surface area contributed by atoms with Gasteiger partial charge in [-0.2, -0.15) is 0 Å². The smallest absolute Gasteiger partial charge is 0.251 e. The van der Waals surface area contributed by atoms with E-state index in [4.69, 9.17) is 4.74 Å². The summed E-state index contributed by atoms with van der Waals surface area (Å²) < 4.78 is 6.34. The van der Waals surface area contributed by atoms with E-state index in [1.165, 1.54) is 219 Å². The van der Waals surface area contributed by atoms with Gasteiger partial charge in [0, 0.05) is 5.56 Å². The number of nitrogens with zero attached hydrogens (tertiary/aromatic N) is 1. The molecule has 0 aromatic heterocycles. The molecule has 1 aromatic carbocycles. The highest BCUT2D eigenvalue weighted by Crippen LogP contribution is 2.18. The second-order valence-electron chi connectivity index (χ2n) is 16.4. The zero-order valence-electron chi connectivity index (χ0n) is 35.0. The minimum Gasteiger partial charge on any atom is -0.497 e. The summed E-state index contributed by atoms with van der Waals surface area (Å²) in [5, 5.41) is 3.21. The number of hydrogen-bond donors (Lipinski definition) is 1. The van der Waals surface area contributed by atoms with Crippen LogP contribution in [0.15, 0.2) is 24.3 Å². The van der Waals surface area contributed by atoms with Gasteiger partial charge in [0.15, 0.2) is 0 Å². The Labute approximate surface area is 319 Å². The third-order valence-corrected chi connectivity index (χ3v) is 11.4. The first kappa shape index (κ1) is 47.5. The Morgan fingerprint density at radius 1 is 0.471 bits per heavy atom. The number of rotatable bonds is 39. The number of nitrogens with one attached hydrogen (secondary N) is 1. The summed E-state index contributed by atoms with van der Waals surface area (Å²) >= 11 is 0. The van der Waals surface area contributed by atoms with Crippen LogP contribution in [0.5, 0.6) is 5.75 Å². The van der Waals surface area contributed by atoms with Crippen molar-refractivity contribution < 1.29 is 14.0 Å². The number of benzene rings is 1. The van der Waals surface area contributed by atoms with E-state index in [0.29, 0.717) is 5.56 Å². The number of quaternary nitrogens is 1. The van der Waals surface area contributed by atoms with Crippen molar-refractivity contribution in [3.63, 3.8) is 0 Å². The summed E-state index contributed by atoms with van der Waals surface area (Å²) in [5.41, 5.74) is 0.709. The number of carbonyl (C=O) groups excluding carboxylic acids is 1. The molecular formula is C47H89N2O2+. The van der Waals surface area contributed by atoms with Crippen LogP contribution < -0.4 is 10.1 Å². The molecule has 0 heterocycles. The molecular weight excluding hydrogens is 625 g/mol. The van der Waals surface area contributed by atoms with Crippen molar-refractivity contribution in [1.82, 2.24) is 5.32 Å². The van der Waals surface area contributed by atoms with Crippen LogP contribution in [0.1, 0.15) is 230 Å². The number of unbranched alkanes of at least 4 members (excludes halogenated alkanes) is 30. The second-order valence-corrected chi connectivity index (χ2v) is 16.4. The van der Waals surface area contributed by atoms with Crippen molar-refractivity contribution in [1.29, 1.82) is 0 Å². The molecule has 0 saturated heterocycles. The van der Waals surface area contributed by atoms with Crippen LogP contribution in [-0.4, -0.2) is 50.7 Å². The zero-order chi connectivity index (χ0) is 36.9. The summed E-state index contributed by atoms with van der Waals surface area (Å²) in [6.45, 7) is 8.81. The van der Waals surface area contributed by atoms with Crippen LogP contribution in [0.2, 0.25) is 0 Å². The SMILES string of the molecule is CCCCCCCCCCCCCCCCCC[N+](C)(CCCCCCCCCCCCCCCCCC)CCNC(=O)c1ccc(OC)cc1.